The smallest absolute Gasteiger partial charge is 0.0113 e. The van der Waals surface area contributed by atoms with Crippen molar-refractivity contribution in [3.63, 3.8) is 0 Å². The Hall–Kier alpha value is 0.400. The topological polar surface area (TPSA) is 6.48 Å². The summed E-state index contributed by atoms with van der Waals surface area (Å²) < 4.78 is 0. The van der Waals surface area contributed by atoms with Gasteiger partial charge >= 0.3 is 0 Å². The summed E-state index contributed by atoms with van der Waals surface area (Å²) in [7, 11) is 0. The van der Waals surface area contributed by atoms with E-state index in [2.05, 4.69) is 46.5 Å². The largest absolute Gasteiger partial charge is 0.300 e. The zero-order valence-electron chi connectivity index (χ0n) is 11.1. The number of nitrogens with zero attached hydrogens (tertiary/aromatic N) is 2. The molecule has 0 spiro atoms. The van der Waals surface area contributed by atoms with Crippen LogP contribution < -0.4 is 0 Å². The molecule has 0 radical (unpaired) electrons. The van der Waals surface area contributed by atoms with Crippen molar-refractivity contribution in [1.29, 1.82) is 0 Å². The van der Waals surface area contributed by atoms with Crippen molar-refractivity contribution < 1.29 is 0 Å². The third-order valence-electron chi connectivity index (χ3n) is 3.57. The maximum atomic E-state index is 3.64. The maximum absolute atomic E-state index is 3.64. The van der Waals surface area contributed by atoms with Gasteiger partial charge in [-0.25, -0.2) is 0 Å². The van der Waals surface area contributed by atoms with E-state index in [0.717, 1.165) is 11.2 Å². The molecule has 0 aromatic heterocycles. The highest BCUT2D eigenvalue weighted by Gasteiger charge is 2.20. The number of alkyl halides is 1. The van der Waals surface area contributed by atoms with E-state index in [0.29, 0.717) is 6.04 Å². The molecule has 1 aliphatic rings. The van der Waals surface area contributed by atoms with E-state index in [1.54, 1.807) is 0 Å². The van der Waals surface area contributed by atoms with Crippen LogP contribution in [0.15, 0.2) is 0 Å². The van der Waals surface area contributed by atoms with Crippen LogP contribution >= 0.6 is 15.9 Å². The Labute approximate surface area is 109 Å². The molecule has 0 aliphatic carbocycles. The third-order valence-corrected chi connectivity index (χ3v) is 4.48. The minimum atomic E-state index is 0.713. The molecule has 0 saturated carbocycles. The average molecular weight is 291 g/mol. The zero-order chi connectivity index (χ0) is 12.0. The van der Waals surface area contributed by atoms with Gasteiger partial charge in [0.15, 0.2) is 0 Å². The van der Waals surface area contributed by atoms with Crippen molar-refractivity contribution in [1.82, 2.24) is 9.80 Å². The molecule has 0 bridgehead atoms. The molecule has 1 unspecified atom stereocenters. The molecule has 1 fully saturated rings. The molecule has 1 heterocycles. The first kappa shape index (κ1) is 14.5. The summed E-state index contributed by atoms with van der Waals surface area (Å²) in [6, 6.07) is 0.713. The number of piperazine rings is 1. The Bertz CT molecular complexity index is 177. The van der Waals surface area contributed by atoms with Crippen LogP contribution in [-0.4, -0.2) is 53.9 Å². The van der Waals surface area contributed by atoms with Gasteiger partial charge in [-0.05, 0) is 26.2 Å². The SMILES string of the molecule is CCCC(CBr)CN1CCN(C(C)C)CC1. The molecule has 1 saturated heterocycles. The van der Waals surface area contributed by atoms with Crippen molar-refractivity contribution in [2.75, 3.05) is 38.1 Å². The minimum Gasteiger partial charge on any atom is -0.300 e. The summed E-state index contributed by atoms with van der Waals surface area (Å²) in [5, 5.41) is 1.16. The number of hydrogen-bond acceptors (Lipinski definition) is 2. The second-order valence-corrected chi connectivity index (χ2v) is 5.89. The van der Waals surface area contributed by atoms with E-state index in [1.165, 1.54) is 45.6 Å². The summed E-state index contributed by atoms with van der Waals surface area (Å²) in [6.45, 7) is 13.2. The van der Waals surface area contributed by atoms with E-state index < -0.39 is 0 Å². The van der Waals surface area contributed by atoms with Gasteiger partial charge in [-0.1, -0.05) is 29.3 Å². The molecule has 96 valence electrons. The van der Waals surface area contributed by atoms with E-state index >= 15 is 0 Å². The van der Waals surface area contributed by atoms with Crippen LogP contribution in [0, 0.1) is 5.92 Å². The molecule has 0 aromatic carbocycles. The van der Waals surface area contributed by atoms with Crippen molar-refractivity contribution in [2.45, 2.75) is 39.7 Å². The predicted molar refractivity (Wildman–Crippen MR) is 75.3 cm³/mol. The Balaban J connectivity index is 2.25. The lowest BCUT2D eigenvalue weighted by Gasteiger charge is -2.38. The van der Waals surface area contributed by atoms with Gasteiger partial charge in [-0.3, -0.25) is 4.90 Å². The summed E-state index contributed by atoms with van der Waals surface area (Å²) in [4.78, 5) is 5.22. The fraction of sp³-hybridized carbons (Fsp3) is 1.00. The molecular formula is C13H27BrN2. The van der Waals surface area contributed by atoms with Crippen molar-refractivity contribution in [3.05, 3.63) is 0 Å². The quantitative estimate of drug-likeness (QED) is 0.694. The minimum absolute atomic E-state index is 0.713. The Kier molecular flexibility index (Phi) is 6.94. The highest BCUT2D eigenvalue weighted by Crippen LogP contribution is 2.14. The second-order valence-electron chi connectivity index (χ2n) is 5.24. The lowest BCUT2D eigenvalue weighted by molar-refractivity contribution is 0.0982. The van der Waals surface area contributed by atoms with Gasteiger partial charge in [0.2, 0.25) is 0 Å². The average Bonchev–Trinajstić information content (AvgIpc) is 2.29. The normalized spacial score (nSPS) is 21.6. The van der Waals surface area contributed by atoms with Gasteiger partial charge in [-0.2, -0.15) is 0 Å². The fourth-order valence-corrected chi connectivity index (χ4v) is 2.98. The molecule has 1 rings (SSSR count). The predicted octanol–water partition coefficient (Wildman–Crippen LogP) is 2.82. The number of rotatable bonds is 6. The summed E-state index contributed by atoms with van der Waals surface area (Å²) in [5.41, 5.74) is 0. The lowest BCUT2D eigenvalue weighted by Crippen LogP contribution is -2.50. The van der Waals surface area contributed by atoms with Gasteiger partial charge in [0, 0.05) is 44.1 Å². The van der Waals surface area contributed by atoms with Crippen LogP contribution in [0.1, 0.15) is 33.6 Å². The first-order valence-electron chi connectivity index (χ1n) is 6.69. The monoisotopic (exact) mass is 290 g/mol. The Morgan fingerprint density at radius 1 is 1.12 bits per heavy atom. The van der Waals surface area contributed by atoms with Crippen LogP contribution in [-0.2, 0) is 0 Å². The first-order valence-corrected chi connectivity index (χ1v) is 7.81. The van der Waals surface area contributed by atoms with E-state index in [1.807, 2.05) is 0 Å². The second kappa shape index (κ2) is 7.67. The Morgan fingerprint density at radius 3 is 2.19 bits per heavy atom. The first-order chi connectivity index (χ1) is 7.67. The molecule has 0 amide bonds. The lowest BCUT2D eigenvalue weighted by atomic mass is 10.1. The van der Waals surface area contributed by atoms with Crippen LogP contribution in [0.4, 0.5) is 0 Å². The summed E-state index contributed by atoms with van der Waals surface area (Å²) >= 11 is 3.64. The fourth-order valence-electron chi connectivity index (χ4n) is 2.45. The van der Waals surface area contributed by atoms with Crippen molar-refractivity contribution >= 4 is 15.9 Å². The van der Waals surface area contributed by atoms with Gasteiger partial charge in [0.1, 0.15) is 0 Å². The van der Waals surface area contributed by atoms with E-state index in [4.69, 9.17) is 0 Å². The molecule has 0 N–H and O–H groups in total. The van der Waals surface area contributed by atoms with Gasteiger partial charge in [0.05, 0.1) is 0 Å². The summed E-state index contributed by atoms with van der Waals surface area (Å²) in [5.74, 6) is 0.843. The van der Waals surface area contributed by atoms with Crippen LogP contribution in [0.5, 0.6) is 0 Å². The van der Waals surface area contributed by atoms with Gasteiger partial charge < -0.3 is 4.90 Å². The highest BCUT2D eigenvalue weighted by atomic mass is 79.9. The highest BCUT2D eigenvalue weighted by molar-refractivity contribution is 9.09. The summed E-state index contributed by atoms with van der Waals surface area (Å²) in [6.07, 6.45) is 2.66. The third kappa shape index (κ3) is 4.72. The van der Waals surface area contributed by atoms with Crippen LogP contribution in [0.25, 0.3) is 0 Å². The van der Waals surface area contributed by atoms with Crippen molar-refractivity contribution in [3.8, 4) is 0 Å². The Morgan fingerprint density at radius 2 is 1.75 bits per heavy atom. The zero-order valence-corrected chi connectivity index (χ0v) is 12.7. The molecule has 1 atom stereocenters. The molecule has 16 heavy (non-hydrogen) atoms. The van der Waals surface area contributed by atoms with Gasteiger partial charge in [-0.15, -0.1) is 0 Å². The maximum Gasteiger partial charge on any atom is 0.0113 e. The molecule has 0 aromatic rings. The molecule has 2 nitrogen and oxygen atoms in total. The van der Waals surface area contributed by atoms with Crippen LogP contribution in [0.3, 0.4) is 0 Å². The number of halogens is 1. The van der Waals surface area contributed by atoms with Crippen LogP contribution in [0.2, 0.25) is 0 Å². The molecule has 3 heteroatoms. The van der Waals surface area contributed by atoms with E-state index in [9.17, 15) is 0 Å². The molecule has 1 aliphatic heterocycles. The standard InChI is InChI=1S/C13H27BrN2/c1-4-5-13(10-14)11-15-6-8-16(9-7-15)12(2)3/h12-13H,4-11H2,1-3H3. The molecular weight excluding hydrogens is 264 g/mol. The van der Waals surface area contributed by atoms with E-state index in [-0.39, 0.29) is 0 Å². The van der Waals surface area contributed by atoms with Crippen molar-refractivity contribution in [2.24, 2.45) is 5.92 Å². The van der Waals surface area contributed by atoms with Gasteiger partial charge in [0.25, 0.3) is 0 Å². The number of hydrogen-bond donors (Lipinski definition) is 0.